The third-order valence-electron chi connectivity index (χ3n) is 8.66. The molecular weight excluding hydrogens is 602 g/mol. The van der Waals surface area contributed by atoms with Crippen LogP contribution in [0.25, 0.3) is 16.2 Å². The lowest BCUT2D eigenvalue weighted by Gasteiger charge is -2.38. The van der Waals surface area contributed by atoms with Crippen molar-refractivity contribution >= 4 is 44.5 Å². The number of imidazole rings is 1. The van der Waals surface area contributed by atoms with E-state index >= 15 is 0 Å². The van der Waals surface area contributed by atoms with E-state index in [0.717, 1.165) is 40.9 Å². The van der Waals surface area contributed by atoms with E-state index in [4.69, 9.17) is 15.1 Å². The number of anilines is 2. The molecule has 0 saturated carbocycles. The number of aliphatic hydroxyl groups excluding tert-OH is 1. The number of rotatable bonds is 8. The molecule has 7 rings (SSSR count). The zero-order chi connectivity index (χ0) is 30.7. The van der Waals surface area contributed by atoms with Crippen molar-refractivity contribution in [3.63, 3.8) is 0 Å². The average Bonchev–Trinajstić information content (AvgIpc) is 3.80. The molecule has 14 heteroatoms. The molecule has 0 bridgehead atoms. The Hall–Kier alpha value is -3.90. The number of hydrogen-bond donors (Lipinski definition) is 1. The van der Waals surface area contributed by atoms with Crippen molar-refractivity contribution in [2.75, 3.05) is 45.2 Å². The lowest BCUT2D eigenvalue weighted by atomic mass is 10.1. The van der Waals surface area contributed by atoms with E-state index in [2.05, 4.69) is 28.9 Å². The van der Waals surface area contributed by atoms with E-state index in [1.807, 2.05) is 23.5 Å². The molecule has 228 valence electrons. The Balaban J connectivity index is 1.17. The zero-order valence-electron chi connectivity index (χ0n) is 24.6. The van der Waals surface area contributed by atoms with E-state index in [0.29, 0.717) is 47.3 Å². The van der Waals surface area contributed by atoms with Crippen LogP contribution in [0, 0.1) is 17.1 Å². The molecule has 1 amide bonds. The number of aromatic nitrogens is 4. The number of benzene rings is 1. The first-order valence-electron chi connectivity index (χ1n) is 14.7. The number of hydrogen-bond acceptors (Lipinski definition) is 11. The topological polar surface area (TPSA) is 117 Å². The number of aryl methyl sites for hydroxylation is 1. The minimum atomic E-state index is -0.407. The summed E-state index contributed by atoms with van der Waals surface area (Å²) in [6, 6.07) is 8.25. The molecule has 3 aliphatic rings. The molecular formula is C30H32FN9O2S2. The molecule has 3 aliphatic heterocycles. The first-order chi connectivity index (χ1) is 21.2. The minimum Gasteiger partial charge on any atom is -0.389 e. The number of nitriles is 1. The standard InChI is InChI=1S/C30H32FN9O2S2/c1-4-21-28(37(3)29-34-26(23(13-32)43-29)17-7-9-18(31)10-8-17)40-30(33-21)44-27(35-40)20-12-24(39-11-5-6-22(20)39)36(2)16-25(42)38-14-19(41)15-38/h6-10,19-20,24,41H,4-5,11-12,14-16H2,1-3H3/t20-,24?/m0/s1. The van der Waals surface area contributed by atoms with Crippen LogP contribution in [-0.2, 0) is 11.2 Å². The lowest BCUT2D eigenvalue weighted by Crippen LogP contribution is -2.56. The third kappa shape index (κ3) is 4.84. The highest BCUT2D eigenvalue weighted by Gasteiger charge is 2.43. The number of amides is 1. The second kappa shape index (κ2) is 11.2. The Bertz CT molecular complexity index is 1800. The van der Waals surface area contributed by atoms with Gasteiger partial charge in [-0.05, 0) is 50.6 Å². The van der Waals surface area contributed by atoms with Gasteiger partial charge < -0.3 is 19.8 Å². The van der Waals surface area contributed by atoms with Gasteiger partial charge >= 0.3 is 0 Å². The zero-order valence-corrected chi connectivity index (χ0v) is 26.3. The Morgan fingerprint density at radius 3 is 2.68 bits per heavy atom. The first kappa shape index (κ1) is 28.8. The van der Waals surface area contributed by atoms with Crippen molar-refractivity contribution in [3.05, 3.63) is 57.4 Å². The van der Waals surface area contributed by atoms with Crippen molar-refractivity contribution in [3.8, 4) is 17.3 Å². The van der Waals surface area contributed by atoms with Crippen molar-refractivity contribution in [2.45, 2.75) is 44.4 Å². The van der Waals surface area contributed by atoms with Gasteiger partial charge in [0.15, 0.2) is 10.9 Å². The number of likely N-dealkylation sites (tertiary alicyclic amines) is 1. The van der Waals surface area contributed by atoms with Crippen LogP contribution in [0.2, 0.25) is 0 Å². The van der Waals surface area contributed by atoms with Gasteiger partial charge in [0.2, 0.25) is 10.9 Å². The molecule has 1 aromatic carbocycles. The Morgan fingerprint density at radius 2 is 1.98 bits per heavy atom. The van der Waals surface area contributed by atoms with Crippen LogP contribution < -0.4 is 4.90 Å². The van der Waals surface area contributed by atoms with Gasteiger partial charge in [0.05, 0.1) is 30.4 Å². The van der Waals surface area contributed by atoms with E-state index in [1.54, 1.807) is 28.4 Å². The second-order valence-corrected chi connectivity index (χ2v) is 13.4. The van der Waals surface area contributed by atoms with Crippen LogP contribution in [-0.4, -0.2) is 97.8 Å². The maximum atomic E-state index is 13.6. The highest BCUT2D eigenvalue weighted by molar-refractivity contribution is 7.17. The summed E-state index contributed by atoms with van der Waals surface area (Å²) in [4.78, 5) is 31.9. The number of halogens is 1. The Kier molecular flexibility index (Phi) is 7.36. The second-order valence-electron chi connectivity index (χ2n) is 11.5. The van der Waals surface area contributed by atoms with E-state index < -0.39 is 6.10 Å². The summed E-state index contributed by atoms with van der Waals surface area (Å²) in [6.45, 7) is 4.10. The smallest absolute Gasteiger partial charge is 0.236 e. The van der Waals surface area contributed by atoms with Crippen LogP contribution in [0.5, 0.6) is 0 Å². The number of β-amino-alcohol motifs (C(OH)–C–C–N with tert-alkyl or cyclic N) is 1. The number of thiazole rings is 1. The van der Waals surface area contributed by atoms with Gasteiger partial charge in [-0.3, -0.25) is 9.69 Å². The van der Waals surface area contributed by atoms with Crippen LogP contribution in [0.1, 0.15) is 41.3 Å². The quantitative estimate of drug-likeness (QED) is 0.309. The minimum absolute atomic E-state index is 0.0443. The summed E-state index contributed by atoms with van der Waals surface area (Å²) in [5.41, 5.74) is 3.34. The Labute approximate surface area is 262 Å². The largest absolute Gasteiger partial charge is 0.389 e. The van der Waals surface area contributed by atoms with Crippen molar-refractivity contribution in [2.24, 2.45) is 0 Å². The maximum Gasteiger partial charge on any atom is 0.236 e. The number of fused-ring (bicyclic) bond motifs is 2. The van der Waals surface area contributed by atoms with Gasteiger partial charge in [-0.1, -0.05) is 35.7 Å². The maximum absolute atomic E-state index is 13.6. The third-order valence-corrected chi connectivity index (χ3v) is 10.7. The highest BCUT2D eigenvalue weighted by Crippen LogP contribution is 2.46. The van der Waals surface area contributed by atoms with Crippen LogP contribution in [0.3, 0.4) is 0 Å². The van der Waals surface area contributed by atoms with Crippen molar-refractivity contribution < 1.29 is 14.3 Å². The molecule has 44 heavy (non-hydrogen) atoms. The molecule has 4 aromatic rings. The fourth-order valence-corrected chi connectivity index (χ4v) is 8.26. The van der Waals surface area contributed by atoms with Gasteiger partial charge in [-0.2, -0.15) is 14.9 Å². The predicted octanol–water partition coefficient (Wildman–Crippen LogP) is 3.79. The molecule has 6 heterocycles. The van der Waals surface area contributed by atoms with Crippen LogP contribution in [0.4, 0.5) is 15.3 Å². The van der Waals surface area contributed by atoms with Gasteiger partial charge in [0, 0.05) is 37.9 Å². The molecule has 2 saturated heterocycles. The molecule has 1 N–H and O–H groups in total. The Morgan fingerprint density at radius 1 is 1.20 bits per heavy atom. The van der Waals surface area contributed by atoms with Gasteiger partial charge in [-0.15, -0.1) is 0 Å². The SMILES string of the molecule is CCc1nc2sc([C@H]3CC(N(C)CC(=O)N4CC(O)C4)N4CCC=C34)nn2c1N(C)c1nc(-c2ccc(F)cc2)c(C#N)s1. The predicted molar refractivity (Wildman–Crippen MR) is 166 cm³/mol. The summed E-state index contributed by atoms with van der Waals surface area (Å²) in [7, 11) is 3.90. The molecule has 0 aliphatic carbocycles. The fraction of sp³-hybridized carbons (Fsp3) is 0.433. The number of likely N-dealkylation sites (N-methyl/N-ethyl adjacent to an activating group) is 1. The summed E-state index contributed by atoms with van der Waals surface area (Å²) < 4.78 is 15.4. The average molecular weight is 634 g/mol. The number of carbonyl (C=O) groups is 1. The molecule has 0 spiro atoms. The summed E-state index contributed by atoms with van der Waals surface area (Å²) in [5.74, 6) is 0.602. The van der Waals surface area contributed by atoms with E-state index in [9.17, 15) is 19.6 Å². The lowest BCUT2D eigenvalue weighted by molar-refractivity contribution is -0.143. The number of allylic oxidation sites excluding steroid dienone is 1. The number of carbonyl (C=O) groups excluding carboxylic acids is 1. The molecule has 1 unspecified atom stereocenters. The fourth-order valence-electron chi connectivity index (χ4n) is 6.37. The van der Waals surface area contributed by atoms with E-state index in [-0.39, 0.29) is 23.8 Å². The molecule has 2 fully saturated rings. The van der Waals surface area contributed by atoms with Gasteiger partial charge in [-0.25, -0.2) is 14.4 Å². The number of nitrogens with zero attached hydrogens (tertiary/aromatic N) is 9. The van der Waals surface area contributed by atoms with Gasteiger partial charge in [0.25, 0.3) is 0 Å². The first-order valence-corrected chi connectivity index (χ1v) is 16.3. The van der Waals surface area contributed by atoms with Crippen LogP contribution >= 0.6 is 22.7 Å². The van der Waals surface area contributed by atoms with Gasteiger partial charge in [0.1, 0.15) is 27.5 Å². The molecule has 11 nitrogen and oxygen atoms in total. The summed E-state index contributed by atoms with van der Waals surface area (Å²) in [5, 5.41) is 26.2. The highest BCUT2D eigenvalue weighted by atomic mass is 32.1. The molecule has 0 radical (unpaired) electrons. The van der Waals surface area contributed by atoms with E-state index in [1.165, 1.54) is 29.2 Å². The molecule has 2 atom stereocenters. The normalized spacial score (nSPS) is 19.9. The summed E-state index contributed by atoms with van der Waals surface area (Å²) in [6.07, 6.45) is 4.44. The number of aliphatic hydroxyl groups is 1. The molecule has 3 aromatic heterocycles. The van der Waals surface area contributed by atoms with Crippen molar-refractivity contribution in [1.29, 1.82) is 5.26 Å². The van der Waals surface area contributed by atoms with Crippen LogP contribution in [0.15, 0.2) is 36.0 Å². The summed E-state index contributed by atoms with van der Waals surface area (Å²) >= 11 is 2.86. The van der Waals surface area contributed by atoms with Crippen molar-refractivity contribution in [1.82, 2.24) is 34.3 Å². The monoisotopic (exact) mass is 633 g/mol.